The first-order valence-electron chi connectivity index (χ1n) is 5.24. The summed E-state index contributed by atoms with van der Waals surface area (Å²) in [6.07, 6.45) is -0.366. The van der Waals surface area contributed by atoms with E-state index in [9.17, 15) is 4.79 Å². The number of benzene rings is 1. The van der Waals surface area contributed by atoms with E-state index in [0.29, 0.717) is 24.6 Å². The molecule has 1 aromatic rings. The van der Waals surface area contributed by atoms with Crippen molar-refractivity contribution in [3.63, 3.8) is 0 Å². The van der Waals surface area contributed by atoms with E-state index in [2.05, 4.69) is 6.07 Å². The maximum Gasteiger partial charge on any atom is 1.00 e. The average molecular weight is 229 g/mol. The van der Waals surface area contributed by atoms with E-state index in [0.717, 1.165) is 0 Å². The molecule has 0 heterocycles. The number of methoxy groups -OCH3 is 1. The van der Waals surface area contributed by atoms with Crippen molar-refractivity contribution >= 4 is 6.09 Å². The number of carbonyl (C=O) groups excluding carboxylic acids is 1. The average Bonchev–Trinajstić information content (AvgIpc) is 2.31. The second kappa shape index (κ2) is 8.05. The minimum atomic E-state index is -0.366. The van der Waals surface area contributed by atoms with Crippen LogP contribution in [-0.4, -0.2) is 31.2 Å². The third kappa shape index (κ3) is 4.72. The Morgan fingerprint density at radius 2 is 1.88 bits per heavy atom. The van der Waals surface area contributed by atoms with E-state index in [1.165, 1.54) is 0 Å². The van der Waals surface area contributed by atoms with Crippen molar-refractivity contribution in [1.29, 1.82) is 0 Å². The third-order valence-corrected chi connectivity index (χ3v) is 2.18. The van der Waals surface area contributed by atoms with Crippen molar-refractivity contribution in [2.24, 2.45) is 0 Å². The number of hydrogen-bond donors (Lipinski definition) is 0. The molecule has 0 aliphatic carbocycles. The second-order valence-electron chi connectivity index (χ2n) is 3.12. The molecule has 0 saturated carbocycles. The van der Waals surface area contributed by atoms with Crippen molar-refractivity contribution in [2.75, 3.05) is 20.2 Å². The quantitative estimate of drug-likeness (QED) is 0.508. The number of hydrogen-bond acceptors (Lipinski definition) is 3. The zero-order valence-corrected chi connectivity index (χ0v) is 10.8. The zero-order valence-electron chi connectivity index (χ0n) is 10.8. The van der Waals surface area contributed by atoms with Gasteiger partial charge in [0, 0.05) is 24.6 Å². The minimum Gasteiger partial charge on any atom is -0.522 e. The fraction of sp³-hybridized carbons (Fsp3) is 0.417. The van der Waals surface area contributed by atoms with Crippen LogP contribution in [0.15, 0.2) is 18.2 Å². The summed E-state index contributed by atoms with van der Waals surface area (Å²) in [6.45, 7) is 5.05. The normalized spacial score (nSPS) is 9.12. The molecule has 0 saturated heterocycles. The summed E-state index contributed by atoms with van der Waals surface area (Å²) < 4.78 is 10.1. The molecule has 0 aliphatic rings. The molecular weight excluding hydrogens is 213 g/mol. The van der Waals surface area contributed by atoms with Crippen LogP contribution in [0.3, 0.4) is 0 Å². The van der Waals surface area contributed by atoms with Crippen molar-refractivity contribution in [1.82, 2.24) is 4.90 Å². The summed E-state index contributed by atoms with van der Waals surface area (Å²) in [7, 11) is 1.54. The van der Waals surface area contributed by atoms with Crippen molar-refractivity contribution in [3.8, 4) is 11.5 Å². The van der Waals surface area contributed by atoms with Gasteiger partial charge in [0.2, 0.25) is 0 Å². The summed E-state index contributed by atoms with van der Waals surface area (Å²) in [6, 6.07) is 8.00. The molecule has 88 valence electrons. The molecule has 0 unspecified atom stereocenters. The van der Waals surface area contributed by atoms with Crippen LogP contribution in [0.2, 0.25) is 0 Å². The number of carbonyl (C=O) groups is 1. The van der Waals surface area contributed by atoms with Crippen LogP contribution in [0, 0.1) is 6.07 Å². The van der Waals surface area contributed by atoms with Gasteiger partial charge in [-0.05, 0) is 13.8 Å². The summed E-state index contributed by atoms with van der Waals surface area (Å²) in [5.74, 6) is 0.918. The summed E-state index contributed by atoms with van der Waals surface area (Å²) in [5.41, 5.74) is 0. The smallest absolute Gasteiger partial charge is 0.522 e. The summed E-state index contributed by atoms with van der Waals surface area (Å²) >= 11 is 0. The summed E-state index contributed by atoms with van der Waals surface area (Å²) in [4.78, 5) is 13.2. The van der Waals surface area contributed by atoms with Gasteiger partial charge in [-0.15, -0.1) is 12.1 Å². The predicted octanol–water partition coefficient (Wildman–Crippen LogP) is -0.660. The standard InChI is InChI=1S/C12H16NO3.Li/c1-4-13(5-2)12(14)16-11-8-6-7-10(9-11)15-3;/h6-8H,4-5H2,1-3H3;/q-1;+1. The molecule has 0 radical (unpaired) electrons. The number of nitrogens with zero attached hydrogens (tertiary/aromatic N) is 1. The Morgan fingerprint density at radius 1 is 1.29 bits per heavy atom. The number of amides is 1. The van der Waals surface area contributed by atoms with E-state index in [1.54, 1.807) is 30.2 Å². The van der Waals surface area contributed by atoms with Crippen LogP contribution in [0.5, 0.6) is 11.5 Å². The molecule has 1 amide bonds. The van der Waals surface area contributed by atoms with Gasteiger partial charge in [0.05, 0.1) is 7.11 Å². The fourth-order valence-electron chi connectivity index (χ4n) is 1.25. The van der Waals surface area contributed by atoms with Gasteiger partial charge in [-0.1, -0.05) is 6.07 Å². The van der Waals surface area contributed by atoms with E-state index in [-0.39, 0.29) is 25.0 Å². The molecule has 1 rings (SSSR count). The van der Waals surface area contributed by atoms with Gasteiger partial charge in [0.1, 0.15) is 0 Å². The molecule has 0 bridgehead atoms. The Balaban J connectivity index is 0.00000256. The van der Waals surface area contributed by atoms with E-state index < -0.39 is 0 Å². The number of ether oxygens (including phenoxy) is 2. The Hall–Kier alpha value is -1.11. The predicted molar refractivity (Wildman–Crippen MR) is 60.8 cm³/mol. The molecule has 4 nitrogen and oxygen atoms in total. The zero-order chi connectivity index (χ0) is 12.0. The molecule has 0 aromatic heterocycles. The molecule has 1 aromatic carbocycles. The number of rotatable bonds is 4. The van der Waals surface area contributed by atoms with E-state index in [1.807, 2.05) is 13.8 Å². The molecule has 0 fully saturated rings. The van der Waals surface area contributed by atoms with Gasteiger partial charge >= 0.3 is 25.0 Å². The van der Waals surface area contributed by atoms with Gasteiger partial charge < -0.3 is 14.4 Å². The van der Waals surface area contributed by atoms with Crippen LogP contribution in [0.1, 0.15) is 13.8 Å². The van der Waals surface area contributed by atoms with Gasteiger partial charge in [-0.2, -0.15) is 6.07 Å². The van der Waals surface area contributed by atoms with Gasteiger partial charge in [0.15, 0.2) is 0 Å². The van der Waals surface area contributed by atoms with Crippen molar-refractivity contribution < 1.29 is 33.1 Å². The molecular formula is C12H16LiNO3. The molecule has 0 spiro atoms. The SMILES string of the molecule is CCN(CC)C(=O)Oc1[c-]c(OC)ccc1.[Li+]. The van der Waals surface area contributed by atoms with E-state index in [4.69, 9.17) is 9.47 Å². The Kier molecular flexibility index (Phi) is 7.52. The molecule has 5 heteroatoms. The van der Waals surface area contributed by atoms with E-state index >= 15 is 0 Å². The topological polar surface area (TPSA) is 38.8 Å². The van der Waals surface area contributed by atoms with Gasteiger partial charge in [-0.25, -0.2) is 4.79 Å². The van der Waals surface area contributed by atoms with Crippen LogP contribution in [-0.2, 0) is 0 Å². The summed E-state index contributed by atoms with van der Waals surface area (Å²) in [5, 5.41) is 0. The second-order valence-corrected chi connectivity index (χ2v) is 3.12. The molecule has 0 aliphatic heterocycles. The maximum absolute atomic E-state index is 11.6. The largest absolute Gasteiger partial charge is 1.00 e. The van der Waals surface area contributed by atoms with Gasteiger partial charge in [-0.3, -0.25) is 0 Å². The first kappa shape index (κ1) is 15.9. The minimum absolute atomic E-state index is 0. The van der Waals surface area contributed by atoms with Crippen LogP contribution < -0.4 is 28.3 Å². The van der Waals surface area contributed by atoms with Crippen LogP contribution in [0.25, 0.3) is 0 Å². The molecule has 0 N–H and O–H groups in total. The van der Waals surface area contributed by atoms with Crippen molar-refractivity contribution in [2.45, 2.75) is 13.8 Å². The first-order valence-corrected chi connectivity index (χ1v) is 5.24. The molecule has 0 atom stereocenters. The van der Waals surface area contributed by atoms with Crippen LogP contribution >= 0.6 is 0 Å². The Labute approximate surface area is 114 Å². The Morgan fingerprint density at radius 3 is 2.41 bits per heavy atom. The first-order chi connectivity index (χ1) is 7.71. The van der Waals surface area contributed by atoms with Crippen molar-refractivity contribution in [3.05, 3.63) is 24.3 Å². The van der Waals surface area contributed by atoms with Gasteiger partial charge in [0.25, 0.3) is 0 Å². The van der Waals surface area contributed by atoms with Crippen LogP contribution in [0.4, 0.5) is 4.79 Å². The Bertz CT molecular complexity index is 353. The fourth-order valence-corrected chi connectivity index (χ4v) is 1.25. The third-order valence-electron chi connectivity index (χ3n) is 2.18. The monoisotopic (exact) mass is 229 g/mol. The maximum atomic E-state index is 11.6. The molecule has 17 heavy (non-hydrogen) atoms.